The van der Waals surface area contributed by atoms with Crippen LogP contribution in [-0.4, -0.2) is 29.7 Å². The molecule has 0 aliphatic carbocycles. The van der Waals surface area contributed by atoms with Crippen LogP contribution < -0.4 is 10.6 Å². The number of hydrogen-bond donors (Lipinski definition) is 1. The van der Waals surface area contributed by atoms with E-state index in [0.29, 0.717) is 23.0 Å². The van der Waals surface area contributed by atoms with Gasteiger partial charge in [-0.3, -0.25) is 0 Å². The Balaban J connectivity index is 3.07. The van der Waals surface area contributed by atoms with Crippen molar-refractivity contribution in [2.45, 2.75) is 45.7 Å². The molecule has 114 valence electrons. The smallest absolute Gasteiger partial charge is 0.383 e. The summed E-state index contributed by atoms with van der Waals surface area (Å²) in [5.41, 5.74) is 6.12. The molecular formula is C13H21F3N4. The molecule has 1 aromatic heterocycles. The maximum Gasteiger partial charge on any atom is 0.390 e. The summed E-state index contributed by atoms with van der Waals surface area (Å²) in [4.78, 5) is 10.1. The fourth-order valence-electron chi connectivity index (χ4n) is 1.63. The van der Waals surface area contributed by atoms with Crippen molar-refractivity contribution in [3.05, 3.63) is 11.4 Å². The lowest BCUT2D eigenvalue weighted by atomic mass is 9.95. The summed E-state index contributed by atoms with van der Waals surface area (Å²) >= 11 is 0. The van der Waals surface area contributed by atoms with E-state index in [9.17, 15) is 13.2 Å². The van der Waals surface area contributed by atoms with E-state index in [1.165, 1.54) is 4.90 Å². The van der Waals surface area contributed by atoms with Crippen LogP contribution >= 0.6 is 0 Å². The molecule has 0 unspecified atom stereocenters. The standard InChI is InChI=1S/C13H21F3N4/c1-8-9(17)18-11(12(2,3)4)19-10(8)20(5)7-6-13(14,15)16/h6-7H2,1-5H3,(H2,17,18,19). The van der Waals surface area contributed by atoms with Gasteiger partial charge in [0.15, 0.2) is 0 Å². The molecule has 4 nitrogen and oxygen atoms in total. The van der Waals surface area contributed by atoms with Crippen molar-refractivity contribution in [2.24, 2.45) is 0 Å². The van der Waals surface area contributed by atoms with Gasteiger partial charge in [-0.15, -0.1) is 0 Å². The zero-order valence-corrected chi connectivity index (χ0v) is 12.5. The SMILES string of the molecule is Cc1c(N)nc(C(C)(C)C)nc1N(C)CCC(F)(F)F. The maximum absolute atomic E-state index is 12.3. The van der Waals surface area contributed by atoms with Gasteiger partial charge in [0.2, 0.25) is 0 Å². The van der Waals surface area contributed by atoms with E-state index in [1.54, 1.807) is 14.0 Å². The minimum absolute atomic E-state index is 0.162. The first-order chi connectivity index (χ1) is 8.92. The molecule has 1 heterocycles. The molecule has 2 N–H and O–H groups in total. The number of hydrogen-bond acceptors (Lipinski definition) is 4. The monoisotopic (exact) mass is 290 g/mol. The third kappa shape index (κ3) is 4.25. The number of nitrogens with two attached hydrogens (primary N) is 1. The van der Waals surface area contributed by atoms with Crippen LogP contribution in [0.5, 0.6) is 0 Å². The van der Waals surface area contributed by atoms with Gasteiger partial charge in [0.1, 0.15) is 17.5 Å². The van der Waals surface area contributed by atoms with Crippen LogP contribution in [0.3, 0.4) is 0 Å². The summed E-state index contributed by atoms with van der Waals surface area (Å²) in [6, 6.07) is 0. The molecular weight excluding hydrogens is 269 g/mol. The zero-order chi connectivity index (χ0) is 15.7. The van der Waals surface area contributed by atoms with Crippen molar-refractivity contribution in [1.82, 2.24) is 9.97 Å². The summed E-state index contributed by atoms with van der Waals surface area (Å²) in [5, 5.41) is 0. The third-order valence-corrected chi connectivity index (χ3v) is 2.92. The van der Waals surface area contributed by atoms with Crippen molar-refractivity contribution in [3.63, 3.8) is 0 Å². The summed E-state index contributed by atoms with van der Waals surface area (Å²) < 4.78 is 36.9. The molecule has 0 atom stereocenters. The second-order valence-electron chi connectivity index (χ2n) is 5.92. The van der Waals surface area contributed by atoms with Crippen molar-refractivity contribution in [1.29, 1.82) is 0 Å². The minimum atomic E-state index is -4.19. The van der Waals surface area contributed by atoms with E-state index >= 15 is 0 Å². The number of rotatable bonds is 3. The molecule has 0 radical (unpaired) electrons. The summed E-state index contributed by atoms with van der Waals surface area (Å²) in [6.07, 6.45) is -5.08. The largest absolute Gasteiger partial charge is 0.390 e. The molecule has 0 saturated heterocycles. The van der Waals surface area contributed by atoms with E-state index in [4.69, 9.17) is 5.73 Å². The lowest BCUT2D eigenvalue weighted by molar-refractivity contribution is -0.132. The van der Waals surface area contributed by atoms with Gasteiger partial charge < -0.3 is 10.6 Å². The number of nitrogens with zero attached hydrogens (tertiary/aromatic N) is 3. The lowest BCUT2D eigenvalue weighted by Gasteiger charge is -2.25. The van der Waals surface area contributed by atoms with Gasteiger partial charge in [0.25, 0.3) is 0 Å². The van der Waals surface area contributed by atoms with Gasteiger partial charge >= 0.3 is 6.18 Å². The number of halogens is 3. The second kappa shape index (κ2) is 5.46. The topological polar surface area (TPSA) is 55.0 Å². The highest BCUT2D eigenvalue weighted by atomic mass is 19.4. The molecule has 0 spiro atoms. The predicted molar refractivity (Wildman–Crippen MR) is 73.8 cm³/mol. The highest BCUT2D eigenvalue weighted by Gasteiger charge is 2.28. The average molecular weight is 290 g/mol. The third-order valence-electron chi connectivity index (χ3n) is 2.92. The van der Waals surface area contributed by atoms with E-state index in [-0.39, 0.29) is 12.0 Å². The lowest BCUT2D eigenvalue weighted by Crippen LogP contribution is -2.28. The molecule has 0 aromatic carbocycles. The summed E-state index contributed by atoms with van der Waals surface area (Å²) in [5.74, 6) is 1.28. The number of aromatic nitrogens is 2. The fourth-order valence-corrected chi connectivity index (χ4v) is 1.63. The first-order valence-corrected chi connectivity index (χ1v) is 6.34. The summed E-state index contributed by atoms with van der Waals surface area (Å²) in [6.45, 7) is 7.33. The van der Waals surface area contributed by atoms with Crippen LogP contribution in [0.4, 0.5) is 24.8 Å². The van der Waals surface area contributed by atoms with Crippen molar-refractivity contribution < 1.29 is 13.2 Å². The van der Waals surface area contributed by atoms with Crippen LogP contribution in [0.2, 0.25) is 0 Å². The van der Waals surface area contributed by atoms with Gasteiger partial charge in [0.05, 0.1) is 6.42 Å². The Labute approximate surface area is 117 Å². The first kappa shape index (κ1) is 16.5. The zero-order valence-electron chi connectivity index (χ0n) is 12.5. The van der Waals surface area contributed by atoms with Crippen molar-refractivity contribution in [3.8, 4) is 0 Å². The highest BCUT2D eigenvalue weighted by Crippen LogP contribution is 2.27. The molecule has 1 rings (SSSR count). The molecule has 0 amide bonds. The Morgan fingerprint density at radius 3 is 2.15 bits per heavy atom. The Bertz CT molecular complexity index is 478. The normalized spacial score (nSPS) is 12.6. The fraction of sp³-hybridized carbons (Fsp3) is 0.692. The van der Waals surface area contributed by atoms with Crippen molar-refractivity contribution in [2.75, 3.05) is 24.2 Å². The van der Waals surface area contributed by atoms with Gasteiger partial charge in [-0.2, -0.15) is 13.2 Å². The molecule has 1 aromatic rings. The molecule has 20 heavy (non-hydrogen) atoms. The van der Waals surface area contributed by atoms with Gasteiger partial charge in [-0.25, -0.2) is 9.97 Å². The molecule has 0 fully saturated rings. The quantitative estimate of drug-likeness (QED) is 0.929. The predicted octanol–water partition coefficient (Wildman–Crippen LogP) is 3.05. The van der Waals surface area contributed by atoms with Crippen LogP contribution in [0.15, 0.2) is 0 Å². The van der Waals surface area contributed by atoms with E-state index in [1.807, 2.05) is 20.8 Å². The Morgan fingerprint density at radius 1 is 1.15 bits per heavy atom. The first-order valence-electron chi connectivity index (χ1n) is 6.34. The van der Waals surface area contributed by atoms with Crippen LogP contribution in [-0.2, 0) is 5.41 Å². The molecule has 0 saturated carbocycles. The molecule has 7 heteroatoms. The average Bonchev–Trinajstić information content (AvgIpc) is 2.27. The van der Waals surface area contributed by atoms with Gasteiger partial charge in [0, 0.05) is 24.6 Å². The minimum Gasteiger partial charge on any atom is -0.383 e. The van der Waals surface area contributed by atoms with Crippen LogP contribution in [0.1, 0.15) is 38.6 Å². The van der Waals surface area contributed by atoms with E-state index in [0.717, 1.165) is 0 Å². The Morgan fingerprint density at radius 2 is 1.70 bits per heavy atom. The molecule has 0 aliphatic heterocycles. The van der Waals surface area contributed by atoms with Gasteiger partial charge in [-0.1, -0.05) is 20.8 Å². The number of alkyl halides is 3. The number of nitrogen functional groups attached to an aromatic ring is 1. The highest BCUT2D eigenvalue weighted by molar-refractivity contribution is 5.56. The maximum atomic E-state index is 12.3. The van der Waals surface area contributed by atoms with Crippen LogP contribution in [0, 0.1) is 6.92 Å². The van der Waals surface area contributed by atoms with E-state index in [2.05, 4.69) is 9.97 Å². The number of anilines is 2. The molecule has 0 aliphatic rings. The van der Waals surface area contributed by atoms with Crippen molar-refractivity contribution >= 4 is 11.6 Å². The Kier molecular flexibility index (Phi) is 4.51. The molecule has 0 bridgehead atoms. The van der Waals surface area contributed by atoms with Gasteiger partial charge in [-0.05, 0) is 6.92 Å². The summed E-state index contributed by atoms with van der Waals surface area (Å²) in [7, 11) is 1.58. The second-order valence-corrected chi connectivity index (χ2v) is 5.92. The Hall–Kier alpha value is -1.53. The van der Waals surface area contributed by atoms with E-state index < -0.39 is 12.6 Å². The van der Waals surface area contributed by atoms with Crippen LogP contribution in [0.25, 0.3) is 0 Å².